The highest BCUT2D eigenvalue weighted by molar-refractivity contribution is 5.57. The Morgan fingerprint density at radius 3 is 2.23 bits per heavy atom. The van der Waals surface area contributed by atoms with Gasteiger partial charge in [-0.2, -0.15) is 0 Å². The van der Waals surface area contributed by atoms with Gasteiger partial charge in [0.1, 0.15) is 5.82 Å². The number of hydrogen-bond acceptors (Lipinski definition) is 1. The lowest BCUT2D eigenvalue weighted by atomic mass is 10.3. The van der Waals surface area contributed by atoms with E-state index >= 15 is 0 Å². The highest BCUT2D eigenvalue weighted by Gasteiger charge is 2.01. The van der Waals surface area contributed by atoms with Crippen LogP contribution in [0.3, 0.4) is 0 Å². The normalized spacial score (nSPS) is 8.54. The molecule has 0 bridgehead atoms. The molecule has 72 valence electrons. The average molecular weight is 178 g/mol. The van der Waals surface area contributed by atoms with Crippen molar-refractivity contribution in [3.05, 3.63) is 30.4 Å². The number of rotatable bonds is 3. The highest BCUT2D eigenvalue weighted by Crippen LogP contribution is 2.08. The molecule has 2 heteroatoms. The SMILES string of the molecule is C=Cc1nc(CC)[nH]c1C=C.CC. The summed E-state index contributed by atoms with van der Waals surface area (Å²) in [6.07, 6.45) is 4.39. The van der Waals surface area contributed by atoms with Crippen LogP contribution in [0.25, 0.3) is 12.2 Å². The van der Waals surface area contributed by atoms with Crippen LogP contribution in [0.1, 0.15) is 38.0 Å². The lowest BCUT2D eigenvalue weighted by molar-refractivity contribution is 0.986. The van der Waals surface area contributed by atoms with Gasteiger partial charge in [0, 0.05) is 6.42 Å². The minimum absolute atomic E-state index is 0.886. The molecule has 1 aromatic heterocycles. The van der Waals surface area contributed by atoms with Gasteiger partial charge in [0.15, 0.2) is 0 Å². The van der Waals surface area contributed by atoms with E-state index in [9.17, 15) is 0 Å². The Bertz CT molecular complexity index is 246. The van der Waals surface area contributed by atoms with E-state index in [1.54, 1.807) is 12.2 Å². The van der Waals surface area contributed by atoms with Crippen LogP contribution in [0, 0.1) is 0 Å². The maximum absolute atomic E-state index is 4.27. The molecule has 0 aromatic carbocycles. The van der Waals surface area contributed by atoms with Crippen molar-refractivity contribution in [2.75, 3.05) is 0 Å². The Morgan fingerprint density at radius 2 is 1.92 bits per heavy atom. The van der Waals surface area contributed by atoms with Crippen LogP contribution in [-0.2, 0) is 6.42 Å². The molecule has 0 aliphatic rings. The van der Waals surface area contributed by atoms with Gasteiger partial charge in [0.05, 0.1) is 11.4 Å². The van der Waals surface area contributed by atoms with Gasteiger partial charge >= 0.3 is 0 Å². The minimum atomic E-state index is 0.886. The first-order chi connectivity index (χ1) is 6.31. The summed E-state index contributed by atoms with van der Waals surface area (Å²) >= 11 is 0. The monoisotopic (exact) mass is 178 g/mol. The van der Waals surface area contributed by atoms with Gasteiger partial charge in [-0.05, 0) is 12.2 Å². The summed E-state index contributed by atoms with van der Waals surface area (Å²) in [6.45, 7) is 13.4. The van der Waals surface area contributed by atoms with Crippen LogP contribution in [-0.4, -0.2) is 9.97 Å². The van der Waals surface area contributed by atoms with Gasteiger partial charge in [-0.1, -0.05) is 33.9 Å². The third-order valence-corrected chi connectivity index (χ3v) is 1.54. The number of aromatic amines is 1. The lowest BCUT2D eigenvalue weighted by Gasteiger charge is -1.84. The molecule has 0 aliphatic heterocycles. The van der Waals surface area contributed by atoms with E-state index < -0.39 is 0 Å². The largest absolute Gasteiger partial charge is 0.342 e. The first-order valence-electron chi connectivity index (χ1n) is 4.65. The number of aromatic nitrogens is 2. The fourth-order valence-electron chi connectivity index (χ4n) is 0.932. The molecule has 1 heterocycles. The Balaban J connectivity index is 0.000000671. The Labute approximate surface area is 80.4 Å². The summed E-state index contributed by atoms with van der Waals surface area (Å²) in [6, 6.07) is 0. The van der Waals surface area contributed by atoms with Crippen molar-refractivity contribution in [3.63, 3.8) is 0 Å². The van der Waals surface area contributed by atoms with Crippen LogP contribution < -0.4 is 0 Å². The molecule has 2 nitrogen and oxygen atoms in total. The summed E-state index contributed by atoms with van der Waals surface area (Å²) in [4.78, 5) is 7.40. The Kier molecular flexibility index (Phi) is 5.60. The fourth-order valence-corrected chi connectivity index (χ4v) is 0.932. The molecule has 1 aromatic rings. The van der Waals surface area contributed by atoms with E-state index in [4.69, 9.17) is 0 Å². The third kappa shape index (κ3) is 2.90. The zero-order valence-corrected chi connectivity index (χ0v) is 8.72. The van der Waals surface area contributed by atoms with E-state index in [0.29, 0.717) is 0 Å². The van der Waals surface area contributed by atoms with Gasteiger partial charge in [-0.3, -0.25) is 0 Å². The molecule has 0 unspecified atom stereocenters. The number of nitrogens with one attached hydrogen (secondary N) is 1. The summed E-state index contributed by atoms with van der Waals surface area (Å²) in [7, 11) is 0. The second-order valence-electron chi connectivity index (χ2n) is 2.24. The lowest BCUT2D eigenvalue weighted by Crippen LogP contribution is -1.80. The molecule has 0 amide bonds. The van der Waals surface area contributed by atoms with Crippen molar-refractivity contribution in [2.24, 2.45) is 0 Å². The van der Waals surface area contributed by atoms with E-state index in [1.807, 2.05) is 13.8 Å². The second kappa shape index (κ2) is 6.23. The van der Waals surface area contributed by atoms with Gasteiger partial charge in [-0.15, -0.1) is 0 Å². The molecule has 0 saturated carbocycles. The van der Waals surface area contributed by atoms with E-state index in [0.717, 1.165) is 23.6 Å². The number of hydrogen-bond donors (Lipinski definition) is 1. The maximum atomic E-state index is 4.27. The molecule has 0 aliphatic carbocycles. The van der Waals surface area contributed by atoms with Gasteiger partial charge in [-0.25, -0.2) is 4.98 Å². The first-order valence-corrected chi connectivity index (χ1v) is 4.65. The molecular weight excluding hydrogens is 160 g/mol. The van der Waals surface area contributed by atoms with Crippen molar-refractivity contribution in [1.29, 1.82) is 0 Å². The summed E-state index contributed by atoms with van der Waals surface area (Å²) in [5.41, 5.74) is 1.84. The van der Waals surface area contributed by atoms with E-state index in [2.05, 4.69) is 30.0 Å². The quantitative estimate of drug-likeness (QED) is 0.756. The first kappa shape index (κ1) is 11.7. The predicted molar refractivity (Wildman–Crippen MR) is 59.5 cm³/mol. The number of imidazole rings is 1. The van der Waals surface area contributed by atoms with Crippen molar-refractivity contribution in [2.45, 2.75) is 27.2 Å². The highest BCUT2D eigenvalue weighted by atomic mass is 14.9. The molecule has 0 saturated heterocycles. The van der Waals surface area contributed by atoms with Crippen molar-refractivity contribution >= 4 is 12.2 Å². The number of H-pyrrole nitrogens is 1. The molecular formula is C11H18N2. The second-order valence-corrected chi connectivity index (χ2v) is 2.24. The van der Waals surface area contributed by atoms with Crippen molar-refractivity contribution in [1.82, 2.24) is 9.97 Å². The number of aryl methyl sites for hydroxylation is 1. The zero-order valence-electron chi connectivity index (χ0n) is 8.72. The maximum Gasteiger partial charge on any atom is 0.106 e. The Hall–Kier alpha value is -1.31. The molecule has 1 N–H and O–H groups in total. The summed E-state index contributed by atoms with van der Waals surface area (Å²) < 4.78 is 0. The number of nitrogens with zero attached hydrogens (tertiary/aromatic N) is 1. The van der Waals surface area contributed by atoms with Crippen LogP contribution >= 0.6 is 0 Å². The van der Waals surface area contributed by atoms with Crippen molar-refractivity contribution in [3.8, 4) is 0 Å². The van der Waals surface area contributed by atoms with E-state index in [-0.39, 0.29) is 0 Å². The summed E-state index contributed by atoms with van der Waals surface area (Å²) in [5.74, 6) is 0.981. The van der Waals surface area contributed by atoms with Crippen LogP contribution in [0.2, 0.25) is 0 Å². The smallest absolute Gasteiger partial charge is 0.106 e. The third-order valence-electron chi connectivity index (χ3n) is 1.54. The Morgan fingerprint density at radius 1 is 1.31 bits per heavy atom. The van der Waals surface area contributed by atoms with Gasteiger partial charge in [0.2, 0.25) is 0 Å². The van der Waals surface area contributed by atoms with Crippen molar-refractivity contribution < 1.29 is 0 Å². The minimum Gasteiger partial charge on any atom is -0.342 e. The molecule has 0 radical (unpaired) electrons. The molecule has 1 rings (SSSR count). The molecule has 0 atom stereocenters. The van der Waals surface area contributed by atoms with Gasteiger partial charge in [0.25, 0.3) is 0 Å². The molecule has 13 heavy (non-hydrogen) atoms. The topological polar surface area (TPSA) is 28.7 Å². The van der Waals surface area contributed by atoms with E-state index in [1.165, 1.54) is 0 Å². The van der Waals surface area contributed by atoms with Gasteiger partial charge < -0.3 is 4.98 Å². The van der Waals surface area contributed by atoms with Crippen LogP contribution in [0.5, 0.6) is 0 Å². The zero-order chi connectivity index (χ0) is 10.3. The van der Waals surface area contributed by atoms with Crippen LogP contribution in [0.15, 0.2) is 13.2 Å². The summed E-state index contributed by atoms with van der Waals surface area (Å²) in [5, 5.41) is 0. The standard InChI is InChI=1S/C9H12N2.C2H6/c1-4-7-8(5-2)11-9(6-3)10-7;1-2/h4-5H,1-2,6H2,3H3,(H,10,11);1-2H3. The molecule has 0 spiro atoms. The molecule has 0 fully saturated rings. The predicted octanol–water partition coefficient (Wildman–Crippen LogP) is 3.28. The van der Waals surface area contributed by atoms with Crippen LogP contribution in [0.4, 0.5) is 0 Å². The average Bonchev–Trinajstić information content (AvgIpc) is 2.63. The fraction of sp³-hybridized carbons (Fsp3) is 0.364.